The molecule has 8 heterocycles. The normalized spacial score (nSPS) is 11.4. The van der Waals surface area contributed by atoms with Gasteiger partial charge in [-0.1, -0.05) is 90.5 Å². The standard InChI is InChI=1S/C23H23N2.C22H20FN2.C19H18N3S.C17H14N3S/c1-14-10-15(2)16(3)21(11-14)23-24-22-17(4)20-9-7-6-8-18(20)12-19(22)13-25(23)5;1-13-9-14(2)15(3)19(10-13)22-24-21-17(12-25(22)4)11-16-7-5-6-8-18(16)20(21)23;1-11-5-12(2)13(3)14(6-11)19-7-15-16(8-22(19)4)21-18-10-23-9-17(18)20-15;1-11-5-3-4-6-12(11)17-7-13-14(8-20(17)2)19-16-10-21-9-15(16)18-13/h6-13H,1-5H3;5-12H,1-4H3;5-10H,1-4H3;3-10H,1-2H3/q4*+1. The molecule has 94 heavy (non-hydrogen) atoms. The molecule has 0 aliphatic carbocycles. The molecule has 0 saturated carbocycles. The second-order valence-corrected chi connectivity index (χ2v) is 26.7. The fraction of sp³-hybridized carbons (Fsp3) is 0.185. The summed E-state index contributed by atoms with van der Waals surface area (Å²) in [6, 6.07) is 46.2. The summed E-state index contributed by atoms with van der Waals surface area (Å²) in [5, 5.41) is 14.2. The maximum Gasteiger partial charge on any atom is 0.331 e. The zero-order valence-corrected chi connectivity index (χ0v) is 57.6. The molecule has 8 aromatic heterocycles. The molecule has 464 valence electrons. The van der Waals surface area contributed by atoms with Crippen molar-refractivity contribution in [1.29, 1.82) is 0 Å². The highest BCUT2D eigenvalue weighted by atomic mass is 32.1. The molecule has 0 fully saturated rings. The Balaban J connectivity index is 0.000000114. The number of hydrogen-bond acceptors (Lipinski definition) is 8. The van der Waals surface area contributed by atoms with E-state index in [1.54, 1.807) is 28.7 Å². The molecule has 16 rings (SSSR count). The summed E-state index contributed by atoms with van der Waals surface area (Å²) in [5.41, 5.74) is 30.1. The van der Waals surface area contributed by atoms with E-state index in [1.807, 2.05) is 58.2 Å². The van der Waals surface area contributed by atoms with Crippen molar-refractivity contribution in [2.24, 2.45) is 28.2 Å². The van der Waals surface area contributed by atoms with E-state index >= 15 is 4.39 Å². The number of nitrogens with zero attached hydrogens (tertiary/aromatic N) is 10. The van der Waals surface area contributed by atoms with Gasteiger partial charge in [0.2, 0.25) is 16.9 Å². The zero-order valence-electron chi connectivity index (χ0n) is 56.0. The Kier molecular flexibility index (Phi) is 16.9. The molecule has 0 spiro atoms. The van der Waals surface area contributed by atoms with Crippen molar-refractivity contribution >= 4 is 110 Å². The number of benzene rings is 8. The minimum Gasteiger partial charge on any atom is -0.243 e. The number of pyridine rings is 2. The lowest BCUT2D eigenvalue weighted by atomic mass is 9.97. The molecule has 8 aromatic carbocycles. The van der Waals surface area contributed by atoms with Gasteiger partial charge in [0.05, 0.1) is 36.0 Å². The van der Waals surface area contributed by atoms with Crippen molar-refractivity contribution in [2.75, 3.05) is 0 Å². The predicted molar refractivity (Wildman–Crippen MR) is 387 cm³/mol. The molecular formula is C81H75FN10S2+4. The van der Waals surface area contributed by atoms with Crippen LogP contribution < -0.4 is 18.3 Å². The van der Waals surface area contributed by atoms with Gasteiger partial charge < -0.3 is 0 Å². The van der Waals surface area contributed by atoms with E-state index in [0.29, 0.717) is 10.9 Å². The van der Waals surface area contributed by atoms with Gasteiger partial charge in [0.25, 0.3) is 0 Å². The van der Waals surface area contributed by atoms with E-state index in [9.17, 15) is 0 Å². The molecule has 0 radical (unpaired) electrons. The quantitative estimate of drug-likeness (QED) is 0.129. The number of halogens is 1. The van der Waals surface area contributed by atoms with Crippen molar-refractivity contribution < 1.29 is 22.7 Å². The highest BCUT2D eigenvalue weighted by molar-refractivity contribution is 7.09. The molecule has 0 atom stereocenters. The van der Waals surface area contributed by atoms with Crippen LogP contribution in [0.3, 0.4) is 0 Å². The molecule has 10 nitrogen and oxygen atoms in total. The van der Waals surface area contributed by atoms with Crippen LogP contribution in [0.2, 0.25) is 0 Å². The van der Waals surface area contributed by atoms with Crippen molar-refractivity contribution in [3.05, 3.63) is 247 Å². The van der Waals surface area contributed by atoms with Gasteiger partial charge in [-0.15, -0.1) is 22.7 Å². The van der Waals surface area contributed by atoms with Gasteiger partial charge in [0, 0.05) is 55.7 Å². The summed E-state index contributed by atoms with van der Waals surface area (Å²) in [6.45, 7) is 23.6. The smallest absolute Gasteiger partial charge is 0.243 e. The lowest BCUT2D eigenvalue weighted by Crippen LogP contribution is -2.32. The second kappa shape index (κ2) is 25.4. The minimum atomic E-state index is -0.253. The van der Waals surface area contributed by atoms with Crippen molar-refractivity contribution in [1.82, 2.24) is 29.9 Å². The van der Waals surface area contributed by atoms with Crippen LogP contribution in [0.5, 0.6) is 0 Å². The molecular weight excluding hydrogens is 1200 g/mol. The first-order valence-corrected chi connectivity index (χ1v) is 33.5. The van der Waals surface area contributed by atoms with E-state index < -0.39 is 0 Å². The van der Waals surface area contributed by atoms with Gasteiger partial charge in [0.1, 0.15) is 59.6 Å². The number of aryl methyl sites for hydroxylation is 12. The first-order chi connectivity index (χ1) is 45.2. The Morgan fingerprint density at radius 1 is 0.309 bits per heavy atom. The van der Waals surface area contributed by atoms with Crippen LogP contribution in [0.1, 0.15) is 61.2 Å². The largest absolute Gasteiger partial charge is 0.331 e. The average molecular weight is 1270 g/mol. The lowest BCUT2D eigenvalue weighted by Gasteiger charge is -2.10. The molecule has 0 N–H and O–H groups in total. The number of hydrogen-bond donors (Lipinski definition) is 0. The molecule has 0 bridgehead atoms. The van der Waals surface area contributed by atoms with Crippen LogP contribution in [0.4, 0.5) is 4.39 Å². The Hall–Kier alpha value is -10.2. The van der Waals surface area contributed by atoms with Gasteiger partial charge >= 0.3 is 11.6 Å². The molecule has 16 aromatic rings. The highest BCUT2D eigenvalue weighted by Crippen LogP contribution is 2.33. The number of thiophene rings is 2. The third-order valence-electron chi connectivity index (χ3n) is 18.3. The Labute approximate surface area is 555 Å². The minimum absolute atomic E-state index is 0.253. The van der Waals surface area contributed by atoms with E-state index in [-0.39, 0.29) is 5.82 Å². The topological polar surface area (TPSA) is 92.9 Å². The van der Waals surface area contributed by atoms with Gasteiger partial charge in [-0.3, -0.25) is 0 Å². The van der Waals surface area contributed by atoms with E-state index in [1.165, 1.54) is 99.7 Å². The van der Waals surface area contributed by atoms with Crippen LogP contribution in [-0.2, 0) is 28.2 Å². The lowest BCUT2D eigenvalue weighted by molar-refractivity contribution is -0.661. The van der Waals surface area contributed by atoms with Crippen molar-refractivity contribution in [3.8, 4) is 45.3 Å². The Bertz CT molecular complexity index is 5550. The van der Waals surface area contributed by atoms with Crippen LogP contribution in [0.25, 0.3) is 133 Å². The van der Waals surface area contributed by atoms with Gasteiger partial charge in [-0.2, -0.15) is 9.13 Å². The third-order valence-corrected chi connectivity index (χ3v) is 19.8. The molecule has 0 saturated heterocycles. The van der Waals surface area contributed by atoms with Crippen LogP contribution >= 0.6 is 22.7 Å². The van der Waals surface area contributed by atoms with Gasteiger partial charge in [0.15, 0.2) is 34.8 Å². The molecule has 0 amide bonds. The summed E-state index contributed by atoms with van der Waals surface area (Å²) in [5.74, 6) is 1.55. The number of rotatable bonds is 4. The maximum absolute atomic E-state index is 15.1. The fourth-order valence-corrected chi connectivity index (χ4v) is 14.3. The Morgan fingerprint density at radius 2 is 0.702 bits per heavy atom. The first kappa shape index (κ1) is 62.6. The SMILES string of the molecule is Cc1cc(C)c(C)c(-c2cc3nc4cscc4nc3c[n+]2C)c1.Cc1cc(C)c(C)c(-c2nc3c(C)c4ccccc4cc3c[n+]2C)c1.Cc1cc(C)c(C)c(-c2nc3c(F)c4ccccc4cc3c[n+]2C)c1.Cc1ccccc1-c1cc2nc3cscc3nc2c[n+]1C. The number of fused-ring (bicyclic) bond motifs is 8. The number of aromatic nitrogens is 10. The average Bonchev–Trinajstić information content (AvgIpc) is 0.799. The van der Waals surface area contributed by atoms with Crippen molar-refractivity contribution in [2.45, 2.75) is 76.2 Å². The molecule has 13 heteroatoms. The first-order valence-electron chi connectivity index (χ1n) is 31.6. The Morgan fingerprint density at radius 3 is 1.20 bits per heavy atom. The van der Waals surface area contributed by atoms with Crippen molar-refractivity contribution in [3.63, 3.8) is 0 Å². The van der Waals surface area contributed by atoms with E-state index in [4.69, 9.17) is 24.9 Å². The van der Waals surface area contributed by atoms with E-state index in [2.05, 4.69) is 243 Å². The fourth-order valence-electron chi connectivity index (χ4n) is 13.0. The maximum atomic E-state index is 15.1. The second-order valence-electron chi connectivity index (χ2n) is 25.3. The van der Waals surface area contributed by atoms with Gasteiger partial charge in [-0.05, 0) is 189 Å². The zero-order chi connectivity index (χ0) is 66.0. The van der Waals surface area contributed by atoms with Gasteiger partial charge in [-0.25, -0.2) is 33.5 Å². The summed E-state index contributed by atoms with van der Waals surface area (Å²) < 4.78 is 23.5. The molecule has 0 unspecified atom stereocenters. The molecule has 0 aliphatic heterocycles. The van der Waals surface area contributed by atoms with Crippen LogP contribution in [-0.4, -0.2) is 29.9 Å². The van der Waals surface area contributed by atoms with E-state index in [0.717, 1.165) is 83.3 Å². The van der Waals surface area contributed by atoms with Crippen LogP contribution in [0, 0.1) is 82.0 Å². The highest BCUT2D eigenvalue weighted by Gasteiger charge is 2.25. The summed E-state index contributed by atoms with van der Waals surface area (Å²) in [4.78, 5) is 28.7. The van der Waals surface area contributed by atoms with Crippen LogP contribution in [0.15, 0.2) is 180 Å². The summed E-state index contributed by atoms with van der Waals surface area (Å²) >= 11 is 3.28. The third kappa shape index (κ3) is 12.0. The predicted octanol–water partition coefficient (Wildman–Crippen LogP) is 18.0. The summed E-state index contributed by atoms with van der Waals surface area (Å²) in [6.07, 6.45) is 8.30. The monoisotopic (exact) mass is 1270 g/mol. The summed E-state index contributed by atoms with van der Waals surface area (Å²) in [7, 11) is 8.18. The molecule has 0 aliphatic rings.